The summed E-state index contributed by atoms with van der Waals surface area (Å²) in [6.45, 7) is 4.78. The van der Waals surface area contributed by atoms with Gasteiger partial charge in [-0.25, -0.2) is 0 Å². The third-order valence-corrected chi connectivity index (χ3v) is 4.08. The first-order valence-electron chi connectivity index (χ1n) is 9.37. The molecular formula is C21H23N3O6. The molecular weight excluding hydrogens is 390 g/mol. The Bertz CT molecular complexity index is 1020. The van der Waals surface area contributed by atoms with Crippen molar-refractivity contribution in [3.63, 3.8) is 0 Å². The van der Waals surface area contributed by atoms with Crippen LogP contribution in [0.25, 0.3) is 11.5 Å². The molecule has 1 N–H and O–H groups in total. The topological polar surface area (TPSA) is 105 Å². The summed E-state index contributed by atoms with van der Waals surface area (Å²) in [6, 6.07) is 10.2. The van der Waals surface area contributed by atoms with Crippen LogP contribution in [-0.2, 0) is 0 Å². The van der Waals surface area contributed by atoms with Crippen LogP contribution >= 0.6 is 0 Å². The summed E-state index contributed by atoms with van der Waals surface area (Å²) in [4.78, 5) is 12.7. The number of carbonyl (C=O) groups excluding carboxylic acids is 1. The van der Waals surface area contributed by atoms with Crippen LogP contribution in [0.2, 0.25) is 0 Å². The van der Waals surface area contributed by atoms with Gasteiger partial charge in [0, 0.05) is 5.56 Å². The van der Waals surface area contributed by atoms with E-state index in [4.69, 9.17) is 23.4 Å². The fourth-order valence-electron chi connectivity index (χ4n) is 2.80. The second-order valence-electron chi connectivity index (χ2n) is 5.94. The van der Waals surface area contributed by atoms with E-state index < -0.39 is 5.91 Å². The Balaban J connectivity index is 1.82. The molecule has 0 aliphatic heterocycles. The molecule has 0 saturated carbocycles. The van der Waals surface area contributed by atoms with Gasteiger partial charge in [-0.2, -0.15) is 0 Å². The van der Waals surface area contributed by atoms with E-state index in [0.717, 1.165) is 0 Å². The van der Waals surface area contributed by atoms with Gasteiger partial charge in [0.15, 0.2) is 23.0 Å². The highest BCUT2D eigenvalue weighted by atomic mass is 16.5. The molecule has 158 valence electrons. The number of nitrogens with zero attached hydrogens (tertiary/aromatic N) is 2. The van der Waals surface area contributed by atoms with E-state index in [-0.39, 0.29) is 17.5 Å². The molecule has 9 nitrogen and oxygen atoms in total. The molecule has 1 aromatic heterocycles. The number of para-hydroxylation sites is 1. The Morgan fingerprint density at radius 1 is 0.967 bits per heavy atom. The summed E-state index contributed by atoms with van der Waals surface area (Å²) in [5.41, 5.74) is 0.908. The predicted molar refractivity (Wildman–Crippen MR) is 110 cm³/mol. The zero-order chi connectivity index (χ0) is 21.5. The van der Waals surface area contributed by atoms with Crippen molar-refractivity contribution < 1.29 is 28.2 Å². The lowest BCUT2D eigenvalue weighted by Gasteiger charge is -2.11. The van der Waals surface area contributed by atoms with Gasteiger partial charge in [0.05, 0.1) is 33.0 Å². The van der Waals surface area contributed by atoms with Crippen LogP contribution in [0, 0.1) is 0 Å². The SMILES string of the molecule is CCOc1ccc(-c2nnc(NC(=O)c3cccc(OC)c3OC)o2)cc1OCC. The van der Waals surface area contributed by atoms with Crippen molar-refractivity contribution in [2.24, 2.45) is 0 Å². The first-order chi connectivity index (χ1) is 14.6. The fraction of sp³-hybridized carbons (Fsp3) is 0.286. The molecule has 0 fully saturated rings. The summed E-state index contributed by atoms with van der Waals surface area (Å²) in [5, 5.41) is 10.5. The molecule has 3 rings (SSSR count). The molecule has 1 heterocycles. The second kappa shape index (κ2) is 9.64. The molecule has 3 aromatic rings. The Labute approximate surface area is 173 Å². The van der Waals surface area contributed by atoms with Crippen LogP contribution in [0.5, 0.6) is 23.0 Å². The predicted octanol–water partition coefficient (Wildman–Crippen LogP) is 3.80. The molecule has 1 amide bonds. The van der Waals surface area contributed by atoms with E-state index in [1.807, 2.05) is 13.8 Å². The lowest BCUT2D eigenvalue weighted by atomic mass is 10.1. The first-order valence-corrected chi connectivity index (χ1v) is 9.37. The number of aromatic nitrogens is 2. The van der Waals surface area contributed by atoms with Crippen LogP contribution in [0.3, 0.4) is 0 Å². The Morgan fingerprint density at radius 3 is 2.43 bits per heavy atom. The fourth-order valence-corrected chi connectivity index (χ4v) is 2.80. The number of nitrogens with one attached hydrogen (secondary N) is 1. The number of hydrogen-bond donors (Lipinski definition) is 1. The van der Waals surface area contributed by atoms with Crippen LogP contribution in [0.15, 0.2) is 40.8 Å². The molecule has 0 radical (unpaired) electrons. The maximum atomic E-state index is 12.7. The van der Waals surface area contributed by atoms with Crippen LogP contribution in [-0.4, -0.2) is 43.5 Å². The maximum absolute atomic E-state index is 12.7. The van der Waals surface area contributed by atoms with Crippen LogP contribution < -0.4 is 24.3 Å². The van der Waals surface area contributed by atoms with E-state index in [0.29, 0.717) is 41.8 Å². The number of amides is 1. The summed E-state index contributed by atoms with van der Waals surface area (Å²) in [5.74, 6) is 1.71. The monoisotopic (exact) mass is 413 g/mol. The Kier molecular flexibility index (Phi) is 6.74. The third-order valence-electron chi connectivity index (χ3n) is 4.08. The van der Waals surface area contributed by atoms with Gasteiger partial charge in [0.2, 0.25) is 5.89 Å². The highest BCUT2D eigenvalue weighted by Crippen LogP contribution is 2.34. The van der Waals surface area contributed by atoms with Crippen LogP contribution in [0.1, 0.15) is 24.2 Å². The molecule has 0 bridgehead atoms. The standard InChI is InChI=1S/C21H23N3O6/c1-5-28-15-11-10-13(12-17(15)29-6-2)20-23-24-21(30-20)22-19(25)14-8-7-9-16(26-3)18(14)27-4/h7-12H,5-6H2,1-4H3,(H,22,24,25). The van der Waals surface area contributed by atoms with Crippen molar-refractivity contribution in [3.05, 3.63) is 42.0 Å². The van der Waals surface area contributed by atoms with E-state index in [1.165, 1.54) is 14.2 Å². The minimum atomic E-state index is -0.470. The van der Waals surface area contributed by atoms with Crippen molar-refractivity contribution in [2.45, 2.75) is 13.8 Å². The van der Waals surface area contributed by atoms with E-state index in [9.17, 15) is 4.79 Å². The van der Waals surface area contributed by atoms with Crippen molar-refractivity contribution >= 4 is 11.9 Å². The molecule has 30 heavy (non-hydrogen) atoms. The van der Waals surface area contributed by atoms with Gasteiger partial charge in [-0.15, -0.1) is 5.10 Å². The smallest absolute Gasteiger partial charge is 0.322 e. The number of rotatable bonds is 9. The highest BCUT2D eigenvalue weighted by molar-refractivity contribution is 6.05. The summed E-state index contributed by atoms with van der Waals surface area (Å²) in [6.07, 6.45) is 0. The number of carbonyl (C=O) groups is 1. The van der Waals surface area contributed by atoms with Gasteiger partial charge in [0.1, 0.15) is 0 Å². The van der Waals surface area contributed by atoms with Gasteiger partial charge in [0.25, 0.3) is 5.91 Å². The largest absolute Gasteiger partial charge is 0.493 e. The number of benzene rings is 2. The quantitative estimate of drug-likeness (QED) is 0.565. The molecule has 0 spiro atoms. The van der Waals surface area contributed by atoms with Gasteiger partial charge < -0.3 is 23.4 Å². The number of ether oxygens (including phenoxy) is 4. The van der Waals surface area contributed by atoms with Crippen molar-refractivity contribution in [3.8, 4) is 34.5 Å². The van der Waals surface area contributed by atoms with Crippen molar-refractivity contribution in [1.82, 2.24) is 10.2 Å². The summed E-state index contributed by atoms with van der Waals surface area (Å²) >= 11 is 0. The molecule has 2 aromatic carbocycles. The van der Waals surface area contributed by atoms with Gasteiger partial charge in [-0.3, -0.25) is 10.1 Å². The van der Waals surface area contributed by atoms with Gasteiger partial charge in [-0.1, -0.05) is 11.2 Å². The van der Waals surface area contributed by atoms with Crippen LogP contribution in [0.4, 0.5) is 6.01 Å². The number of hydrogen-bond acceptors (Lipinski definition) is 8. The van der Waals surface area contributed by atoms with Gasteiger partial charge in [-0.05, 0) is 44.2 Å². The van der Waals surface area contributed by atoms with E-state index in [1.54, 1.807) is 36.4 Å². The molecule has 0 atom stereocenters. The summed E-state index contributed by atoms with van der Waals surface area (Å²) in [7, 11) is 2.96. The third kappa shape index (κ3) is 4.45. The Morgan fingerprint density at radius 2 is 1.73 bits per heavy atom. The highest BCUT2D eigenvalue weighted by Gasteiger charge is 2.19. The lowest BCUT2D eigenvalue weighted by Crippen LogP contribution is -2.13. The molecule has 0 aliphatic carbocycles. The lowest BCUT2D eigenvalue weighted by molar-refractivity contribution is 0.102. The molecule has 0 unspecified atom stereocenters. The average Bonchev–Trinajstić information content (AvgIpc) is 3.23. The average molecular weight is 413 g/mol. The van der Waals surface area contributed by atoms with E-state index in [2.05, 4.69) is 15.5 Å². The van der Waals surface area contributed by atoms with Gasteiger partial charge >= 0.3 is 6.01 Å². The molecule has 0 aliphatic rings. The number of anilines is 1. The zero-order valence-electron chi connectivity index (χ0n) is 17.2. The minimum Gasteiger partial charge on any atom is -0.493 e. The summed E-state index contributed by atoms with van der Waals surface area (Å²) < 4.78 is 27.3. The maximum Gasteiger partial charge on any atom is 0.322 e. The minimum absolute atomic E-state index is 0.0493. The zero-order valence-corrected chi connectivity index (χ0v) is 17.2. The number of methoxy groups -OCH3 is 2. The first kappa shape index (κ1) is 21.0. The van der Waals surface area contributed by atoms with Crippen molar-refractivity contribution in [1.29, 1.82) is 0 Å². The van der Waals surface area contributed by atoms with Crippen molar-refractivity contribution in [2.75, 3.05) is 32.8 Å². The normalized spacial score (nSPS) is 10.4. The van der Waals surface area contributed by atoms with E-state index >= 15 is 0 Å². The molecule has 0 saturated heterocycles. The Hall–Kier alpha value is -3.75. The molecule has 9 heteroatoms. The second-order valence-corrected chi connectivity index (χ2v) is 5.94.